The molecule has 4 nitrogen and oxygen atoms in total. The van der Waals surface area contributed by atoms with Gasteiger partial charge in [-0.3, -0.25) is 0 Å². The summed E-state index contributed by atoms with van der Waals surface area (Å²) in [6.07, 6.45) is 3.74. The lowest BCUT2D eigenvalue weighted by Crippen LogP contribution is -2.13. The summed E-state index contributed by atoms with van der Waals surface area (Å²) in [5, 5.41) is 17.3. The number of benzene rings is 2. The van der Waals surface area contributed by atoms with Crippen molar-refractivity contribution < 1.29 is 15.1 Å². The first-order valence-electron chi connectivity index (χ1n) is 5.41. The Bertz CT molecular complexity index is 535. The monoisotopic (exact) mass is 243 g/mol. The van der Waals surface area contributed by atoms with E-state index in [1.165, 1.54) is 18.2 Å². The third-order valence-corrected chi connectivity index (χ3v) is 2.25. The average Bonchev–Trinajstić information content (AvgIpc) is 2.39. The first-order chi connectivity index (χ1) is 8.75. The first-order valence-corrected chi connectivity index (χ1v) is 5.41. The Morgan fingerprint density at radius 2 is 1.61 bits per heavy atom. The van der Waals surface area contributed by atoms with Gasteiger partial charge in [0.25, 0.3) is 0 Å². The van der Waals surface area contributed by atoms with Crippen LogP contribution >= 0.6 is 0 Å². The molecular weight excluding hydrogens is 230 g/mol. The average molecular weight is 243 g/mol. The molecule has 0 aromatic heterocycles. The lowest BCUT2D eigenvalue weighted by molar-refractivity contribution is 0.239. The van der Waals surface area contributed by atoms with Crippen LogP contribution in [0.2, 0.25) is 0 Å². The molecule has 0 atom stereocenters. The number of phenolic OH excluding ortho intramolecular Hbond substituents is 2. The third kappa shape index (κ3) is 3.18. The molecule has 0 amide bonds. The number of hydrogen-bond donors (Lipinski definition) is 3. The maximum absolute atomic E-state index is 8.65. The molecule has 4 heteroatoms. The summed E-state index contributed by atoms with van der Waals surface area (Å²) in [6.45, 7) is 0. The van der Waals surface area contributed by atoms with Gasteiger partial charge in [-0.05, 0) is 24.3 Å². The van der Waals surface area contributed by atoms with E-state index in [-0.39, 0.29) is 11.5 Å². The maximum atomic E-state index is 8.65. The number of phenols is 2. The predicted molar refractivity (Wildman–Crippen MR) is 69.0 cm³/mol. The van der Waals surface area contributed by atoms with E-state index in [9.17, 15) is 0 Å². The highest BCUT2D eigenvalue weighted by Gasteiger charge is 2.01. The normalized spacial score (nSPS) is 11.3. The van der Waals surface area contributed by atoms with E-state index in [4.69, 9.17) is 15.1 Å². The van der Waals surface area contributed by atoms with E-state index in [0.29, 0.717) is 0 Å². The smallest absolute Gasteiger partial charge is 0.162 e. The summed E-state index contributed by atoms with van der Waals surface area (Å²) in [5.41, 5.74) is 3.77. The van der Waals surface area contributed by atoms with Crippen molar-refractivity contribution in [2.75, 3.05) is 0 Å². The Labute approximate surface area is 105 Å². The van der Waals surface area contributed by atoms with Gasteiger partial charge in [-0.1, -0.05) is 24.3 Å². The Morgan fingerprint density at radius 3 is 2.22 bits per heavy atom. The van der Waals surface area contributed by atoms with Crippen LogP contribution in [0.1, 0.15) is 5.56 Å². The van der Waals surface area contributed by atoms with Gasteiger partial charge in [0.15, 0.2) is 5.75 Å². The summed E-state index contributed by atoms with van der Waals surface area (Å²) in [5.74, 6) is 1.06. The van der Waals surface area contributed by atoms with Crippen LogP contribution in [0, 0.1) is 0 Å². The zero-order valence-electron chi connectivity index (χ0n) is 9.58. The zero-order chi connectivity index (χ0) is 12.8. The summed E-state index contributed by atoms with van der Waals surface area (Å²) in [6, 6.07) is 13.7. The van der Waals surface area contributed by atoms with E-state index in [1.807, 2.05) is 30.3 Å². The Balaban J connectivity index is 0.000000138. The van der Waals surface area contributed by atoms with E-state index >= 15 is 0 Å². The second-order valence-electron chi connectivity index (χ2n) is 3.61. The van der Waals surface area contributed by atoms with Crippen LogP contribution in [-0.2, 0) is 0 Å². The highest BCUT2D eigenvalue weighted by molar-refractivity contribution is 5.57. The van der Waals surface area contributed by atoms with Gasteiger partial charge in [0, 0.05) is 17.8 Å². The van der Waals surface area contributed by atoms with Gasteiger partial charge in [0.2, 0.25) is 0 Å². The molecule has 2 aromatic carbocycles. The maximum Gasteiger partial charge on any atom is 0.162 e. The fourth-order valence-corrected chi connectivity index (χ4v) is 1.43. The number of aromatic hydroxyl groups is 2. The molecule has 3 N–H and O–H groups in total. The summed E-state index contributed by atoms with van der Waals surface area (Å²) in [4.78, 5) is 5.09. The number of nitrogens with one attached hydrogen (secondary N) is 1. The molecule has 0 saturated carbocycles. The molecule has 3 rings (SSSR count). The number of fused-ring (bicyclic) bond motifs is 1. The van der Waals surface area contributed by atoms with Crippen LogP contribution in [0.4, 0.5) is 0 Å². The number of rotatable bonds is 0. The van der Waals surface area contributed by atoms with Gasteiger partial charge in [-0.15, -0.1) is 0 Å². The minimum Gasteiger partial charge on any atom is -0.508 e. The fraction of sp³-hybridized carbons (Fsp3) is 0. The lowest BCUT2D eigenvalue weighted by atomic mass is 10.2. The molecule has 18 heavy (non-hydrogen) atoms. The van der Waals surface area contributed by atoms with Crippen LogP contribution < -0.4 is 10.3 Å². The highest BCUT2D eigenvalue weighted by Crippen LogP contribution is 2.20. The Kier molecular flexibility index (Phi) is 3.71. The minimum absolute atomic E-state index is 0.0880. The van der Waals surface area contributed by atoms with Crippen molar-refractivity contribution in [1.82, 2.24) is 5.48 Å². The Hall–Kier alpha value is -2.62. The second kappa shape index (κ2) is 5.63. The van der Waals surface area contributed by atoms with Gasteiger partial charge < -0.3 is 15.1 Å². The van der Waals surface area contributed by atoms with Crippen LogP contribution in [-0.4, -0.2) is 10.2 Å². The lowest BCUT2D eigenvalue weighted by Gasteiger charge is -2.11. The SMILES string of the molecule is C1=Cc2ccccc2ON1.Oc1cccc(O)c1. The van der Waals surface area contributed by atoms with Crippen molar-refractivity contribution in [2.24, 2.45) is 0 Å². The summed E-state index contributed by atoms with van der Waals surface area (Å²) >= 11 is 0. The molecule has 92 valence electrons. The van der Waals surface area contributed by atoms with Crippen LogP contribution in [0.25, 0.3) is 6.08 Å². The molecule has 0 bridgehead atoms. The topological polar surface area (TPSA) is 61.7 Å². The molecule has 1 aliphatic heterocycles. The van der Waals surface area contributed by atoms with Crippen molar-refractivity contribution >= 4 is 6.08 Å². The van der Waals surface area contributed by atoms with E-state index in [1.54, 1.807) is 12.3 Å². The molecule has 0 spiro atoms. The zero-order valence-corrected chi connectivity index (χ0v) is 9.58. The predicted octanol–water partition coefficient (Wildman–Crippen LogP) is 2.65. The Morgan fingerprint density at radius 1 is 0.889 bits per heavy atom. The van der Waals surface area contributed by atoms with Crippen LogP contribution in [0.15, 0.2) is 54.7 Å². The van der Waals surface area contributed by atoms with Crippen molar-refractivity contribution in [2.45, 2.75) is 0 Å². The molecule has 0 aliphatic carbocycles. The van der Waals surface area contributed by atoms with Gasteiger partial charge in [0.1, 0.15) is 11.5 Å². The van der Waals surface area contributed by atoms with Crippen molar-refractivity contribution in [3.63, 3.8) is 0 Å². The minimum atomic E-state index is 0.0880. The van der Waals surface area contributed by atoms with Gasteiger partial charge >= 0.3 is 0 Å². The number of hydrogen-bond acceptors (Lipinski definition) is 4. The van der Waals surface area contributed by atoms with Crippen molar-refractivity contribution in [1.29, 1.82) is 0 Å². The molecule has 0 fully saturated rings. The number of hydroxylamine groups is 1. The highest BCUT2D eigenvalue weighted by atomic mass is 16.6. The van der Waals surface area contributed by atoms with Crippen LogP contribution in [0.3, 0.4) is 0 Å². The first kappa shape index (κ1) is 11.9. The largest absolute Gasteiger partial charge is 0.508 e. The molecular formula is C14H13NO3. The second-order valence-corrected chi connectivity index (χ2v) is 3.61. The molecule has 1 heterocycles. The quantitative estimate of drug-likeness (QED) is 0.665. The summed E-state index contributed by atoms with van der Waals surface area (Å²) < 4.78 is 0. The van der Waals surface area contributed by atoms with Crippen LogP contribution in [0.5, 0.6) is 17.2 Å². The van der Waals surface area contributed by atoms with Gasteiger partial charge in [-0.25, -0.2) is 5.48 Å². The fourth-order valence-electron chi connectivity index (χ4n) is 1.43. The molecule has 0 radical (unpaired) electrons. The van der Waals surface area contributed by atoms with E-state index in [2.05, 4.69) is 5.48 Å². The molecule has 0 unspecified atom stereocenters. The van der Waals surface area contributed by atoms with Gasteiger partial charge in [0.05, 0.1) is 0 Å². The number of para-hydroxylation sites is 1. The van der Waals surface area contributed by atoms with Gasteiger partial charge in [-0.2, -0.15) is 0 Å². The molecule has 0 saturated heterocycles. The standard InChI is InChI=1S/C8H7NO.C6H6O2/c1-2-4-8-7(3-1)5-6-9-10-8;7-5-2-1-3-6(8)4-5/h1-6,9H;1-4,7-8H. The van der Waals surface area contributed by atoms with Crippen molar-refractivity contribution in [3.05, 3.63) is 60.3 Å². The van der Waals surface area contributed by atoms with E-state index in [0.717, 1.165) is 11.3 Å². The van der Waals surface area contributed by atoms with E-state index < -0.39 is 0 Å². The summed E-state index contributed by atoms with van der Waals surface area (Å²) in [7, 11) is 0. The molecule has 2 aromatic rings. The third-order valence-electron chi connectivity index (χ3n) is 2.25. The van der Waals surface area contributed by atoms with Crippen molar-refractivity contribution in [3.8, 4) is 17.2 Å². The molecule has 1 aliphatic rings.